The maximum Gasteiger partial charge on any atom is 0.303 e. The van der Waals surface area contributed by atoms with E-state index in [1.807, 2.05) is 11.8 Å². The van der Waals surface area contributed by atoms with Gasteiger partial charge in [0.2, 0.25) is 5.91 Å². The number of aliphatic carboxylic acids is 1. The van der Waals surface area contributed by atoms with Crippen LogP contribution >= 0.6 is 11.8 Å². The molecule has 0 saturated heterocycles. The van der Waals surface area contributed by atoms with Crippen molar-refractivity contribution in [3.8, 4) is 0 Å². The van der Waals surface area contributed by atoms with Gasteiger partial charge in [-0.15, -0.1) is 0 Å². The maximum absolute atomic E-state index is 11.8. The lowest BCUT2D eigenvalue weighted by Crippen LogP contribution is -2.43. The van der Waals surface area contributed by atoms with Crippen molar-refractivity contribution in [1.82, 2.24) is 5.32 Å². The van der Waals surface area contributed by atoms with E-state index in [4.69, 9.17) is 5.11 Å². The summed E-state index contributed by atoms with van der Waals surface area (Å²) in [6, 6.07) is 0.311. The smallest absolute Gasteiger partial charge is 0.303 e. The normalized spacial score (nSPS) is 23.0. The fourth-order valence-corrected chi connectivity index (χ4v) is 3.71. The number of hydrogen-bond acceptors (Lipinski definition) is 3. The summed E-state index contributed by atoms with van der Waals surface area (Å²) in [5, 5.41) is 12.2. The first-order chi connectivity index (χ1) is 9.13. The van der Waals surface area contributed by atoms with E-state index in [0.717, 1.165) is 12.2 Å². The minimum atomic E-state index is -0.785. The molecule has 19 heavy (non-hydrogen) atoms. The number of carbonyl (C=O) groups excluding carboxylic acids is 1. The number of amides is 1. The first-order valence-corrected chi connectivity index (χ1v) is 8.31. The Bertz CT molecular complexity index is 294. The SMILES string of the molecule is CCSC1CCCCC1NC(=O)CCCCC(=O)O. The number of nitrogens with one attached hydrogen (secondary N) is 1. The third kappa shape index (κ3) is 6.85. The van der Waals surface area contributed by atoms with Crippen LogP contribution in [-0.4, -0.2) is 34.0 Å². The van der Waals surface area contributed by atoms with Crippen LogP contribution in [0.15, 0.2) is 0 Å². The Hall–Kier alpha value is -0.710. The lowest BCUT2D eigenvalue weighted by atomic mass is 9.94. The molecule has 0 bridgehead atoms. The lowest BCUT2D eigenvalue weighted by Gasteiger charge is -2.31. The van der Waals surface area contributed by atoms with Crippen LogP contribution in [0.5, 0.6) is 0 Å². The molecule has 2 N–H and O–H groups in total. The molecule has 0 radical (unpaired) electrons. The van der Waals surface area contributed by atoms with Gasteiger partial charge in [0.1, 0.15) is 0 Å². The van der Waals surface area contributed by atoms with E-state index in [0.29, 0.717) is 30.6 Å². The van der Waals surface area contributed by atoms with Gasteiger partial charge in [0.15, 0.2) is 0 Å². The molecule has 110 valence electrons. The Labute approximate surface area is 119 Å². The maximum atomic E-state index is 11.8. The molecule has 4 nitrogen and oxygen atoms in total. The molecule has 0 aromatic carbocycles. The van der Waals surface area contributed by atoms with E-state index in [1.54, 1.807) is 0 Å². The van der Waals surface area contributed by atoms with E-state index in [1.165, 1.54) is 19.3 Å². The summed E-state index contributed by atoms with van der Waals surface area (Å²) < 4.78 is 0. The average molecular weight is 287 g/mol. The second-order valence-corrected chi connectivity index (χ2v) is 6.57. The summed E-state index contributed by atoms with van der Waals surface area (Å²) in [7, 11) is 0. The molecule has 0 heterocycles. The van der Waals surface area contributed by atoms with Gasteiger partial charge >= 0.3 is 5.97 Å². The van der Waals surface area contributed by atoms with Gasteiger partial charge in [0, 0.05) is 24.1 Å². The molecule has 0 spiro atoms. The zero-order valence-electron chi connectivity index (χ0n) is 11.7. The molecule has 1 rings (SSSR count). The molecule has 0 aliphatic heterocycles. The van der Waals surface area contributed by atoms with Gasteiger partial charge in [-0.05, 0) is 31.4 Å². The molecule has 0 aromatic rings. The van der Waals surface area contributed by atoms with Crippen LogP contribution in [0.1, 0.15) is 58.3 Å². The minimum absolute atomic E-state index is 0.0824. The molecular weight excluding hydrogens is 262 g/mol. The van der Waals surface area contributed by atoms with E-state index in [-0.39, 0.29) is 12.3 Å². The summed E-state index contributed by atoms with van der Waals surface area (Å²) in [5.74, 6) is 0.390. The minimum Gasteiger partial charge on any atom is -0.481 e. The Morgan fingerprint density at radius 2 is 1.89 bits per heavy atom. The van der Waals surface area contributed by atoms with Crippen molar-refractivity contribution < 1.29 is 14.7 Å². The molecule has 1 saturated carbocycles. The molecule has 1 aliphatic carbocycles. The Kier molecular flexibility index (Phi) is 7.94. The van der Waals surface area contributed by atoms with Gasteiger partial charge in [-0.2, -0.15) is 11.8 Å². The van der Waals surface area contributed by atoms with Crippen molar-refractivity contribution in [1.29, 1.82) is 0 Å². The van der Waals surface area contributed by atoms with Crippen LogP contribution in [0.4, 0.5) is 0 Å². The van der Waals surface area contributed by atoms with E-state index in [9.17, 15) is 9.59 Å². The van der Waals surface area contributed by atoms with E-state index in [2.05, 4.69) is 12.2 Å². The molecule has 5 heteroatoms. The van der Waals surface area contributed by atoms with E-state index >= 15 is 0 Å². The van der Waals surface area contributed by atoms with Crippen LogP contribution in [-0.2, 0) is 9.59 Å². The molecule has 0 aromatic heterocycles. The highest BCUT2D eigenvalue weighted by Crippen LogP contribution is 2.28. The molecule has 1 aliphatic rings. The van der Waals surface area contributed by atoms with Crippen molar-refractivity contribution >= 4 is 23.6 Å². The Morgan fingerprint density at radius 3 is 2.58 bits per heavy atom. The van der Waals surface area contributed by atoms with Gasteiger partial charge in [-0.1, -0.05) is 19.8 Å². The van der Waals surface area contributed by atoms with Crippen molar-refractivity contribution in [2.24, 2.45) is 0 Å². The van der Waals surface area contributed by atoms with Crippen LogP contribution in [0, 0.1) is 0 Å². The molecule has 2 unspecified atom stereocenters. The summed E-state index contributed by atoms with van der Waals surface area (Å²) in [6.45, 7) is 2.16. The molecular formula is C14H25NO3S. The van der Waals surface area contributed by atoms with Crippen LogP contribution in [0.25, 0.3) is 0 Å². The second kappa shape index (κ2) is 9.23. The highest BCUT2D eigenvalue weighted by Gasteiger charge is 2.25. The first-order valence-electron chi connectivity index (χ1n) is 7.26. The number of carbonyl (C=O) groups is 2. The zero-order chi connectivity index (χ0) is 14.1. The Balaban J connectivity index is 2.23. The van der Waals surface area contributed by atoms with Gasteiger partial charge in [-0.3, -0.25) is 9.59 Å². The van der Waals surface area contributed by atoms with Gasteiger partial charge in [-0.25, -0.2) is 0 Å². The molecule has 1 amide bonds. The fraction of sp³-hybridized carbons (Fsp3) is 0.857. The predicted octanol–water partition coefficient (Wildman–Crippen LogP) is 2.81. The predicted molar refractivity (Wildman–Crippen MR) is 78.4 cm³/mol. The average Bonchev–Trinajstić information content (AvgIpc) is 2.37. The summed E-state index contributed by atoms with van der Waals surface area (Å²) >= 11 is 1.94. The number of carboxylic acid groups (broad SMARTS) is 1. The third-order valence-electron chi connectivity index (χ3n) is 3.47. The fourth-order valence-electron chi connectivity index (χ4n) is 2.52. The zero-order valence-corrected chi connectivity index (χ0v) is 12.5. The summed E-state index contributed by atoms with van der Waals surface area (Å²) in [6.07, 6.45) is 6.60. The largest absolute Gasteiger partial charge is 0.481 e. The first kappa shape index (κ1) is 16.3. The van der Waals surface area contributed by atoms with Crippen molar-refractivity contribution in [2.45, 2.75) is 69.6 Å². The van der Waals surface area contributed by atoms with Crippen LogP contribution in [0.3, 0.4) is 0 Å². The highest BCUT2D eigenvalue weighted by molar-refractivity contribution is 7.99. The van der Waals surface area contributed by atoms with Gasteiger partial charge in [0.25, 0.3) is 0 Å². The van der Waals surface area contributed by atoms with Crippen molar-refractivity contribution in [2.75, 3.05) is 5.75 Å². The molecule has 2 atom stereocenters. The number of hydrogen-bond donors (Lipinski definition) is 2. The standard InChI is InChI=1S/C14H25NO3S/c1-2-19-12-8-4-3-7-11(12)15-13(16)9-5-6-10-14(17)18/h11-12H,2-10H2,1H3,(H,15,16)(H,17,18). The topological polar surface area (TPSA) is 66.4 Å². The van der Waals surface area contributed by atoms with Crippen LogP contribution < -0.4 is 5.32 Å². The van der Waals surface area contributed by atoms with Gasteiger partial charge in [0.05, 0.1) is 0 Å². The van der Waals surface area contributed by atoms with Crippen molar-refractivity contribution in [3.63, 3.8) is 0 Å². The third-order valence-corrected chi connectivity index (χ3v) is 4.80. The summed E-state index contributed by atoms with van der Waals surface area (Å²) in [4.78, 5) is 22.2. The highest BCUT2D eigenvalue weighted by atomic mass is 32.2. The second-order valence-electron chi connectivity index (χ2n) is 5.05. The monoisotopic (exact) mass is 287 g/mol. The number of unbranched alkanes of at least 4 members (excludes halogenated alkanes) is 1. The quantitative estimate of drug-likeness (QED) is 0.674. The number of thioether (sulfide) groups is 1. The van der Waals surface area contributed by atoms with Crippen LogP contribution in [0.2, 0.25) is 0 Å². The lowest BCUT2D eigenvalue weighted by molar-refractivity contribution is -0.137. The molecule has 1 fully saturated rings. The van der Waals surface area contributed by atoms with E-state index < -0.39 is 5.97 Å². The number of carboxylic acids is 1. The van der Waals surface area contributed by atoms with Crippen molar-refractivity contribution in [3.05, 3.63) is 0 Å². The Morgan fingerprint density at radius 1 is 1.21 bits per heavy atom. The van der Waals surface area contributed by atoms with Gasteiger partial charge < -0.3 is 10.4 Å². The summed E-state index contributed by atoms with van der Waals surface area (Å²) in [5.41, 5.74) is 0. The number of rotatable bonds is 8.